The summed E-state index contributed by atoms with van der Waals surface area (Å²) in [5.41, 5.74) is 0.369. The lowest BCUT2D eigenvalue weighted by molar-refractivity contribution is -0.141. The maximum atomic E-state index is 11.5. The molecule has 0 aliphatic heterocycles. The lowest BCUT2D eigenvalue weighted by atomic mass is 9.58. The Bertz CT molecular complexity index is 549. The molecule has 0 spiro atoms. The van der Waals surface area contributed by atoms with Gasteiger partial charge in [0.1, 0.15) is 0 Å². The van der Waals surface area contributed by atoms with Gasteiger partial charge in [-0.2, -0.15) is 0 Å². The molecule has 1 nitrogen and oxygen atoms in total. The minimum atomic E-state index is -0.666. The summed E-state index contributed by atoms with van der Waals surface area (Å²) in [5, 5.41) is 12.3. The highest BCUT2D eigenvalue weighted by molar-refractivity contribution is 9.10. The highest BCUT2D eigenvalue weighted by atomic mass is 79.9. The molecule has 1 aromatic rings. The first kappa shape index (κ1) is 14.9. The van der Waals surface area contributed by atoms with Crippen LogP contribution in [0, 0.1) is 16.7 Å². The Morgan fingerprint density at radius 2 is 2.05 bits per heavy atom. The van der Waals surface area contributed by atoms with E-state index in [9.17, 15) is 5.11 Å². The van der Waals surface area contributed by atoms with Crippen LogP contribution in [-0.4, -0.2) is 10.7 Å². The van der Waals surface area contributed by atoms with Gasteiger partial charge in [0.2, 0.25) is 0 Å². The Morgan fingerprint density at radius 1 is 1.35 bits per heavy atom. The fourth-order valence-corrected chi connectivity index (χ4v) is 5.47. The van der Waals surface area contributed by atoms with Gasteiger partial charge in [0.05, 0.1) is 5.60 Å². The van der Waals surface area contributed by atoms with E-state index >= 15 is 0 Å². The largest absolute Gasteiger partial charge is 0.388 e. The molecule has 2 aliphatic carbocycles. The molecule has 0 radical (unpaired) electrons. The minimum absolute atomic E-state index is 0.0254. The van der Waals surface area contributed by atoms with Crippen LogP contribution in [0.1, 0.15) is 45.6 Å². The van der Waals surface area contributed by atoms with E-state index in [0.717, 1.165) is 27.9 Å². The van der Waals surface area contributed by atoms with Gasteiger partial charge in [-0.3, -0.25) is 0 Å². The molecule has 0 heterocycles. The molecule has 1 N–H and O–H groups in total. The summed E-state index contributed by atoms with van der Waals surface area (Å²) in [6, 6.07) is 5.96. The molecule has 0 aromatic heterocycles. The molecule has 2 bridgehead atoms. The summed E-state index contributed by atoms with van der Waals surface area (Å²) in [6.07, 6.45) is 4.18. The fourth-order valence-electron chi connectivity index (χ4n) is 4.73. The second-order valence-corrected chi connectivity index (χ2v) is 8.82. The zero-order valence-electron chi connectivity index (χ0n) is 12.3. The van der Waals surface area contributed by atoms with Crippen molar-refractivity contribution >= 4 is 27.5 Å². The number of hydrogen-bond donors (Lipinski definition) is 1. The van der Waals surface area contributed by atoms with Gasteiger partial charge in [0.15, 0.2) is 0 Å². The smallest absolute Gasteiger partial charge is 0.0795 e. The Kier molecular flexibility index (Phi) is 3.32. The van der Waals surface area contributed by atoms with Gasteiger partial charge in [-0.1, -0.05) is 54.4 Å². The van der Waals surface area contributed by atoms with Crippen LogP contribution < -0.4 is 0 Å². The Labute approximate surface area is 134 Å². The van der Waals surface area contributed by atoms with Gasteiger partial charge in [0, 0.05) is 15.9 Å². The zero-order valence-corrected chi connectivity index (χ0v) is 14.7. The van der Waals surface area contributed by atoms with Crippen molar-refractivity contribution in [2.75, 3.05) is 0 Å². The third-order valence-electron chi connectivity index (χ3n) is 6.29. The van der Waals surface area contributed by atoms with Gasteiger partial charge in [0.25, 0.3) is 0 Å². The van der Waals surface area contributed by atoms with Crippen LogP contribution in [0.3, 0.4) is 0 Å². The molecule has 110 valence electrons. The number of fused-ring (bicyclic) bond motifs is 2. The van der Waals surface area contributed by atoms with Crippen LogP contribution in [0.15, 0.2) is 22.7 Å². The van der Waals surface area contributed by atoms with Gasteiger partial charge in [-0.15, -0.1) is 0 Å². The number of hydrogen-bond acceptors (Lipinski definition) is 1. The molecular weight excluding hydrogens is 336 g/mol. The topological polar surface area (TPSA) is 20.2 Å². The van der Waals surface area contributed by atoms with Crippen molar-refractivity contribution in [3.8, 4) is 0 Å². The van der Waals surface area contributed by atoms with Crippen molar-refractivity contribution in [1.29, 1.82) is 0 Å². The van der Waals surface area contributed by atoms with Crippen LogP contribution in [0.5, 0.6) is 0 Å². The van der Waals surface area contributed by atoms with E-state index in [-0.39, 0.29) is 10.8 Å². The number of aliphatic hydroxyl groups is 1. The molecule has 2 aliphatic rings. The Hall–Kier alpha value is -0.0500. The predicted molar refractivity (Wildman–Crippen MR) is 87.0 cm³/mol. The van der Waals surface area contributed by atoms with Crippen molar-refractivity contribution in [3.05, 3.63) is 33.3 Å². The van der Waals surface area contributed by atoms with Crippen LogP contribution in [0.2, 0.25) is 5.02 Å². The van der Waals surface area contributed by atoms with Crippen LogP contribution in [0.4, 0.5) is 0 Å². The van der Waals surface area contributed by atoms with E-state index in [1.807, 2.05) is 18.2 Å². The lowest BCUT2D eigenvalue weighted by Crippen LogP contribution is -2.55. The van der Waals surface area contributed by atoms with E-state index in [4.69, 9.17) is 11.6 Å². The molecule has 0 saturated heterocycles. The quantitative estimate of drug-likeness (QED) is 0.769. The predicted octanol–water partition coefficient (Wildman–Crippen LogP) is 5.22. The summed E-state index contributed by atoms with van der Waals surface area (Å²) in [7, 11) is 0. The van der Waals surface area contributed by atoms with Gasteiger partial charge in [-0.25, -0.2) is 0 Å². The molecule has 3 unspecified atom stereocenters. The summed E-state index contributed by atoms with van der Waals surface area (Å²) in [6.45, 7) is 6.72. The molecule has 2 fully saturated rings. The van der Waals surface area contributed by atoms with Crippen molar-refractivity contribution < 1.29 is 5.11 Å². The second-order valence-electron chi connectivity index (χ2n) is 7.49. The molecule has 3 heteroatoms. The molecule has 2 saturated carbocycles. The summed E-state index contributed by atoms with van der Waals surface area (Å²) in [5.74, 6) is 0.631. The van der Waals surface area contributed by atoms with Crippen LogP contribution in [-0.2, 0) is 6.42 Å². The highest BCUT2D eigenvalue weighted by Crippen LogP contribution is 2.68. The summed E-state index contributed by atoms with van der Waals surface area (Å²) in [4.78, 5) is 0. The van der Waals surface area contributed by atoms with Gasteiger partial charge < -0.3 is 5.11 Å². The number of rotatable bonds is 2. The molecular formula is C17H22BrClO. The molecule has 3 atom stereocenters. The first-order valence-electron chi connectivity index (χ1n) is 7.36. The third kappa shape index (κ3) is 1.84. The van der Waals surface area contributed by atoms with E-state index in [2.05, 4.69) is 36.7 Å². The molecule has 3 rings (SSSR count). The molecule has 0 amide bonds. The van der Waals surface area contributed by atoms with E-state index in [1.54, 1.807) is 0 Å². The Morgan fingerprint density at radius 3 is 2.60 bits per heavy atom. The van der Waals surface area contributed by atoms with Crippen molar-refractivity contribution in [2.45, 2.75) is 52.1 Å². The standard InChI is InChI=1S/C17H22BrClO/c1-15(2)12-6-7-16(3,10-12)17(15,20)9-11-4-5-13(18)8-14(11)19/h4-5,8,12,20H,6-7,9-10H2,1-3H3. The number of benzene rings is 1. The first-order chi connectivity index (χ1) is 9.20. The third-order valence-corrected chi connectivity index (χ3v) is 7.13. The molecule has 1 aromatic carbocycles. The van der Waals surface area contributed by atoms with Crippen molar-refractivity contribution in [2.24, 2.45) is 16.7 Å². The van der Waals surface area contributed by atoms with E-state index in [0.29, 0.717) is 12.3 Å². The van der Waals surface area contributed by atoms with Crippen molar-refractivity contribution in [1.82, 2.24) is 0 Å². The number of halogens is 2. The average Bonchev–Trinajstić information content (AvgIpc) is 2.81. The van der Waals surface area contributed by atoms with Crippen LogP contribution >= 0.6 is 27.5 Å². The summed E-state index contributed by atoms with van der Waals surface area (Å²) < 4.78 is 0.983. The fraction of sp³-hybridized carbons (Fsp3) is 0.647. The average molecular weight is 358 g/mol. The lowest BCUT2D eigenvalue weighted by Gasteiger charge is -2.51. The zero-order chi connectivity index (χ0) is 14.8. The Balaban J connectivity index is 2.00. The van der Waals surface area contributed by atoms with E-state index < -0.39 is 5.60 Å². The monoisotopic (exact) mass is 356 g/mol. The highest BCUT2D eigenvalue weighted by Gasteiger charge is 2.68. The summed E-state index contributed by atoms with van der Waals surface area (Å²) >= 11 is 9.81. The normalized spacial score (nSPS) is 38.4. The maximum absolute atomic E-state index is 11.5. The van der Waals surface area contributed by atoms with Gasteiger partial charge >= 0.3 is 0 Å². The van der Waals surface area contributed by atoms with E-state index in [1.165, 1.54) is 6.42 Å². The molecule has 20 heavy (non-hydrogen) atoms. The van der Waals surface area contributed by atoms with Crippen molar-refractivity contribution in [3.63, 3.8) is 0 Å². The minimum Gasteiger partial charge on any atom is -0.388 e. The SMILES string of the molecule is CC12CCC(C1)C(C)(C)C2(O)Cc1ccc(Br)cc1Cl. The van der Waals surface area contributed by atoms with Gasteiger partial charge in [-0.05, 0) is 53.7 Å². The second kappa shape index (κ2) is 4.47. The maximum Gasteiger partial charge on any atom is 0.0795 e. The van der Waals surface area contributed by atoms with Crippen LogP contribution in [0.25, 0.3) is 0 Å². The first-order valence-corrected chi connectivity index (χ1v) is 8.53.